The van der Waals surface area contributed by atoms with Gasteiger partial charge < -0.3 is 15.2 Å². The highest BCUT2D eigenvalue weighted by Gasteiger charge is 2.27. The highest BCUT2D eigenvalue weighted by molar-refractivity contribution is 5.99. The molecular weight excluding hydrogens is 318 g/mol. The quantitative estimate of drug-likeness (QED) is 0.894. The van der Waals surface area contributed by atoms with Crippen molar-refractivity contribution in [3.8, 4) is 11.4 Å². The average Bonchev–Trinajstić information content (AvgIpc) is 3.16. The number of hydrogen-bond acceptors (Lipinski definition) is 4. The summed E-state index contributed by atoms with van der Waals surface area (Å²) in [4.78, 5) is 23.4. The van der Waals surface area contributed by atoms with Crippen molar-refractivity contribution in [3.05, 3.63) is 30.1 Å². The van der Waals surface area contributed by atoms with Gasteiger partial charge >= 0.3 is 0 Å². The third-order valence-electron chi connectivity index (χ3n) is 4.83. The lowest BCUT2D eigenvalue weighted by Gasteiger charge is -2.11. The molecule has 1 fully saturated rings. The highest BCUT2D eigenvalue weighted by atomic mass is 16.2. The molecule has 0 unspecified atom stereocenters. The van der Waals surface area contributed by atoms with E-state index in [0.29, 0.717) is 18.5 Å². The fourth-order valence-corrected chi connectivity index (χ4v) is 3.44. The summed E-state index contributed by atoms with van der Waals surface area (Å²) < 4.78 is 2.20. The molecule has 2 aliphatic heterocycles. The van der Waals surface area contributed by atoms with Gasteiger partial charge in [-0.05, 0) is 43.5 Å². The van der Waals surface area contributed by atoms with E-state index in [1.807, 2.05) is 24.3 Å². The average molecular weight is 339 g/mol. The third kappa shape index (κ3) is 3.26. The number of fused-ring (bicyclic) bond motifs is 1. The van der Waals surface area contributed by atoms with E-state index >= 15 is 0 Å². The van der Waals surface area contributed by atoms with E-state index in [4.69, 9.17) is 0 Å². The Balaban J connectivity index is 1.48. The standard InChI is InChI=1S/C18H21N5O2/c24-16-10-9-14(20-16)18(25)19-13-7-5-12(6-8-13)17-22-21-15-4-2-1-3-11-23(15)17/h5-8,14H,1-4,9-11H2,(H,19,25)(H,20,24)/t14-/m0/s1. The molecule has 1 saturated heterocycles. The topological polar surface area (TPSA) is 88.9 Å². The predicted octanol–water partition coefficient (Wildman–Crippen LogP) is 1.89. The van der Waals surface area contributed by atoms with Gasteiger partial charge in [-0.1, -0.05) is 6.42 Å². The van der Waals surface area contributed by atoms with Crippen LogP contribution in [0, 0.1) is 0 Å². The van der Waals surface area contributed by atoms with Crippen molar-refractivity contribution in [2.75, 3.05) is 5.32 Å². The summed E-state index contributed by atoms with van der Waals surface area (Å²) in [6, 6.07) is 7.19. The van der Waals surface area contributed by atoms with Crippen molar-refractivity contribution in [1.29, 1.82) is 0 Å². The maximum Gasteiger partial charge on any atom is 0.246 e. The summed E-state index contributed by atoms with van der Waals surface area (Å²) in [5, 5.41) is 14.2. The van der Waals surface area contributed by atoms with Crippen LogP contribution in [0.15, 0.2) is 24.3 Å². The van der Waals surface area contributed by atoms with Crippen molar-refractivity contribution in [1.82, 2.24) is 20.1 Å². The summed E-state index contributed by atoms with van der Waals surface area (Å²) in [7, 11) is 0. The van der Waals surface area contributed by atoms with Gasteiger partial charge in [0.2, 0.25) is 11.8 Å². The third-order valence-corrected chi connectivity index (χ3v) is 4.83. The molecule has 1 aromatic carbocycles. The first-order valence-electron chi connectivity index (χ1n) is 8.83. The van der Waals surface area contributed by atoms with Crippen LogP contribution in [0.5, 0.6) is 0 Å². The van der Waals surface area contributed by atoms with Crippen LogP contribution in [0.2, 0.25) is 0 Å². The SMILES string of the molecule is O=C1CC[C@@H](C(=O)Nc2ccc(-c3nnc4n3CCCCC4)cc2)N1. The molecule has 2 aliphatic rings. The molecule has 2 aromatic rings. The minimum Gasteiger partial charge on any atom is -0.344 e. The van der Waals surface area contributed by atoms with Crippen molar-refractivity contribution < 1.29 is 9.59 Å². The van der Waals surface area contributed by atoms with Crippen molar-refractivity contribution in [2.45, 2.75) is 51.1 Å². The van der Waals surface area contributed by atoms with E-state index in [1.54, 1.807) is 0 Å². The summed E-state index contributed by atoms with van der Waals surface area (Å²) in [5.41, 5.74) is 1.71. The maximum atomic E-state index is 12.2. The van der Waals surface area contributed by atoms with Crippen LogP contribution in [-0.4, -0.2) is 32.6 Å². The Morgan fingerprint density at radius 2 is 1.96 bits per heavy atom. The molecule has 2 N–H and O–H groups in total. The number of amides is 2. The Morgan fingerprint density at radius 1 is 1.12 bits per heavy atom. The van der Waals surface area contributed by atoms with Crippen LogP contribution >= 0.6 is 0 Å². The zero-order valence-electron chi connectivity index (χ0n) is 14.0. The molecule has 7 nitrogen and oxygen atoms in total. The fourth-order valence-electron chi connectivity index (χ4n) is 3.44. The van der Waals surface area contributed by atoms with E-state index in [0.717, 1.165) is 36.6 Å². The number of nitrogens with one attached hydrogen (secondary N) is 2. The minimum atomic E-state index is -0.431. The summed E-state index contributed by atoms with van der Waals surface area (Å²) >= 11 is 0. The molecule has 0 aliphatic carbocycles. The highest BCUT2D eigenvalue weighted by Crippen LogP contribution is 2.24. The van der Waals surface area contributed by atoms with E-state index in [-0.39, 0.29) is 11.8 Å². The molecule has 7 heteroatoms. The van der Waals surface area contributed by atoms with Crippen LogP contribution in [0.1, 0.15) is 37.9 Å². The Bertz CT molecular complexity index is 796. The van der Waals surface area contributed by atoms with Crippen LogP contribution in [-0.2, 0) is 22.6 Å². The number of nitrogens with zero attached hydrogens (tertiary/aromatic N) is 3. The molecule has 1 aromatic heterocycles. The van der Waals surface area contributed by atoms with Gasteiger partial charge in [-0.2, -0.15) is 0 Å². The van der Waals surface area contributed by atoms with Gasteiger partial charge in [0.25, 0.3) is 0 Å². The largest absolute Gasteiger partial charge is 0.344 e. The fraction of sp³-hybridized carbons (Fsp3) is 0.444. The molecular formula is C18H21N5O2. The normalized spacial score (nSPS) is 19.8. The number of rotatable bonds is 3. The molecule has 130 valence electrons. The maximum absolute atomic E-state index is 12.2. The second-order valence-corrected chi connectivity index (χ2v) is 6.63. The van der Waals surface area contributed by atoms with Gasteiger partial charge in [0.05, 0.1) is 0 Å². The number of aryl methyl sites for hydroxylation is 1. The van der Waals surface area contributed by atoms with E-state index in [9.17, 15) is 9.59 Å². The first-order chi connectivity index (χ1) is 12.2. The zero-order valence-corrected chi connectivity index (χ0v) is 14.0. The molecule has 0 spiro atoms. The summed E-state index contributed by atoms with van der Waals surface area (Å²) in [6.45, 7) is 0.956. The Kier molecular flexibility index (Phi) is 4.21. The van der Waals surface area contributed by atoms with Gasteiger partial charge in [-0.25, -0.2) is 0 Å². The van der Waals surface area contributed by atoms with Crippen molar-refractivity contribution in [3.63, 3.8) is 0 Å². The molecule has 2 amide bonds. The Morgan fingerprint density at radius 3 is 2.72 bits per heavy atom. The number of hydrogen-bond donors (Lipinski definition) is 2. The van der Waals surface area contributed by atoms with Crippen LogP contribution in [0.3, 0.4) is 0 Å². The van der Waals surface area contributed by atoms with Gasteiger partial charge in [0.1, 0.15) is 11.9 Å². The first-order valence-corrected chi connectivity index (χ1v) is 8.83. The minimum absolute atomic E-state index is 0.0667. The molecule has 0 bridgehead atoms. The molecule has 25 heavy (non-hydrogen) atoms. The number of anilines is 1. The van der Waals surface area contributed by atoms with Gasteiger partial charge in [0, 0.05) is 30.6 Å². The molecule has 4 rings (SSSR count). The first kappa shape index (κ1) is 15.8. The monoisotopic (exact) mass is 339 g/mol. The Labute approximate surface area is 145 Å². The number of aromatic nitrogens is 3. The lowest BCUT2D eigenvalue weighted by atomic mass is 10.1. The summed E-state index contributed by atoms with van der Waals surface area (Å²) in [5.74, 6) is 1.71. The lowest BCUT2D eigenvalue weighted by molar-refractivity contribution is -0.122. The summed E-state index contributed by atoms with van der Waals surface area (Å²) in [6.07, 6.45) is 5.49. The van der Waals surface area contributed by atoms with E-state index < -0.39 is 6.04 Å². The lowest BCUT2D eigenvalue weighted by Crippen LogP contribution is -2.37. The Hall–Kier alpha value is -2.70. The second kappa shape index (κ2) is 6.66. The van der Waals surface area contributed by atoms with Gasteiger partial charge in [-0.3, -0.25) is 9.59 Å². The van der Waals surface area contributed by atoms with Crippen LogP contribution in [0.25, 0.3) is 11.4 Å². The molecule has 3 heterocycles. The molecule has 1 atom stereocenters. The van der Waals surface area contributed by atoms with Gasteiger partial charge in [0.15, 0.2) is 5.82 Å². The van der Waals surface area contributed by atoms with Crippen molar-refractivity contribution in [2.24, 2.45) is 0 Å². The van der Waals surface area contributed by atoms with Crippen molar-refractivity contribution >= 4 is 17.5 Å². The number of benzene rings is 1. The smallest absolute Gasteiger partial charge is 0.246 e. The number of carbonyl (C=O) groups excluding carboxylic acids is 2. The number of carbonyl (C=O) groups is 2. The molecule has 0 radical (unpaired) electrons. The van der Waals surface area contributed by atoms with Crippen LogP contribution in [0.4, 0.5) is 5.69 Å². The van der Waals surface area contributed by atoms with Gasteiger partial charge in [-0.15, -0.1) is 10.2 Å². The second-order valence-electron chi connectivity index (χ2n) is 6.63. The predicted molar refractivity (Wildman–Crippen MR) is 92.8 cm³/mol. The van der Waals surface area contributed by atoms with E-state index in [2.05, 4.69) is 25.4 Å². The van der Waals surface area contributed by atoms with E-state index in [1.165, 1.54) is 12.8 Å². The molecule has 0 saturated carbocycles. The van der Waals surface area contributed by atoms with Crippen LogP contribution < -0.4 is 10.6 Å². The zero-order chi connectivity index (χ0) is 17.2.